The Kier molecular flexibility index (Phi) is 4.26. The fourth-order valence-electron chi connectivity index (χ4n) is 2.17. The molecule has 0 atom stereocenters. The number of anilines is 1. The van der Waals surface area contributed by atoms with E-state index in [2.05, 4.69) is 22.2 Å². The molecule has 0 spiro atoms. The van der Waals surface area contributed by atoms with Gasteiger partial charge in [0.15, 0.2) is 11.2 Å². The van der Waals surface area contributed by atoms with Crippen LogP contribution in [0.1, 0.15) is 32.6 Å². The Morgan fingerprint density at radius 1 is 1.15 bits per heavy atom. The predicted molar refractivity (Wildman–Crippen MR) is 79.2 cm³/mol. The Morgan fingerprint density at radius 3 is 2.60 bits per heavy atom. The Labute approximate surface area is 116 Å². The van der Waals surface area contributed by atoms with Crippen LogP contribution in [-0.2, 0) is 14.1 Å². The smallest absolute Gasteiger partial charge is 0.332 e. The van der Waals surface area contributed by atoms with Crippen molar-refractivity contribution in [1.82, 2.24) is 19.1 Å². The van der Waals surface area contributed by atoms with E-state index in [-0.39, 0.29) is 11.2 Å². The molecule has 0 bridgehead atoms. The lowest BCUT2D eigenvalue weighted by atomic mass is 10.2. The molecule has 20 heavy (non-hydrogen) atoms. The number of aromatic amines is 1. The topological polar surface area (TPSA) is 84.7 Å². The van der Waals surface area contributed by atoms with Crippen molar-refractivity contribution in [3.05, 3.63) is 20.8 Å². The summed E-state index contributed by atoms with van der Waals surface area (Å²) < 4.78 is 2.45. The quantitative estimate of drug-likeness (QED) is 0.771. The van der Waals surface area contributed by atoms with Gasteiger partial charge in [0.25, 0.3) is 5.56 Å². The SMILES string of the molecule is CCCCCCNc1nc2c([nH]1)c(=O)n(C)c(=O)n2C. The van der Waals surface area contributed by atoms with Crippen molar-refractivity contribution in [1.29, 1.82) is 0 Å². The second-order valence-corrected chi connectivity index (χ2v) is 4.98. The molecular formula is C13H21N5O2. The number of H-pyrrole nitrogens is 1. The highest BCUT2D eigenvalue weighted by molar-refractivity contribution is 5.72. The number of aryl methyl sites for hydroxylation is 1. The molecule has 2 heterocycles. The molecule has 0 fully saturated rings. The number of nitrogens with zero attached hydrogens (tertiary/aromatic N) is 3. The largest absolute Gasteiger partial charge is 0.356 e. The number of aromatic nitrogens is 4. The van der Waals surface area contributed by atoms with Gasteiger partial charge in [-0.2, -0.15) is 4.98 Å². The van der Waals surface area contributed by atoms with E-state index in [4.69, 9.17) is 0 Å². The first kappa shape index (κ1) is 14.4. The summed E-state index contributed by atoms with van der Waals surface area (Å²) in [5.74, 6) is 0.537. The van der Waals surface area contributed by atoms with Gasteiger partial charge in [-0.3, -0.25) is 13.9 Å². The molecule has 110 valence electrons. The average molecular weight is 279 g/mol. The van der Waals surface area contributed by atoms with Gasteiger partial charge in [-0.25, -0.2) is 4.79 Å². The van der Waals surface area contributed by atoms with Crippen LogP contribution in [0.4, 0.5) is 5.95 Å². The van der Waals surface area contributed by atoms with Crippen LogP contribution in [0.2, 0.25) is 0 Å². The minimum absolute atomic E-state index is 0.352. The molecule has 2 N–H and O–H groups in total. The van der Waals surface area contributed by atoms with Crippen LogP contribution in [0, 0.1) is 0 Å². The summed E-state index contributed by atoms with van der Waals surface area (Å²) in [6.07, 6.45) is 4.64. The summed E-state index contributed by atoms with van der Waals surface area (Å²) in [5.41, 5.74) is 0.0120. The second kappa shape index (κ2) is 5.94. The number of imidazole rings is 1. The van der Waals surface area contributed by atoms with Crippen LogP contribution < -0.4 is 16.6 Å². The number of fused-ring (bicyclic) bond motifs is 1. The molecule has 0 unspecified atom stereocenters. The fraction of sp³-hybridized carbons (Fsp3) is 0.615. The fourth-order valence-corrected chi connectivity index (χ4v) is 2.17. The average Bonchev–Trinajstić information content (AvgIpc) is 2.87. The van der Waals surface area contributed by atoms with Gasteiger partial charge in [-0.1, -0.05) is 26.2 Å². The third-order valence-electron chi connectivity index (χ3n) is 3.42. The maximum atomic E-state index is 12.0. The molecule has 2 aromatic heterocycles. The van der Waals surface area contributed by atoms with E-state index in [1.807, 2.05) is 0 Å². The normalized spacial score (nSPS) is 11.2. The predicted octanol–water partition coefficient (Wildman–Crippen LogP) is 0.952. The van der Waals surface area contributed by atoms with Crippen molar-refractivity contribution >= 4 is 17.1 Å². The van der Waals surface area contributed by atoms with Crippen molar-refractivity contribution in [2.75, 3.05) is 11.9 Å². The monoisotopic (exact) mass is 279 g/mol. The molecule has 0 radical (unpaired) electrons. The van der Waals surface area contributed by atoms with Gasteiger partial charge >= 0.3 is 5.69 Å². The number of hydrogen-bond donors (Lipinski definition) is 2. The van der Waals surface area contributed by atoms with E-state index in [0.717, 1.165) is 17.5 Å². The lowest BCUT2D eigenvalue weighted by Crippen LogP contribution is -2.36. The van der Waals surface area contributed by atoms with Crippen LogP contribution in [0.5, 0.6) is 0 Å². The van der Waals surface area contributed by atoms with Gasteiger partial charge in [0.1, 0.15) is 0 Å². The summed E-state index contributed by atoms with van der Waals surface area (Å²) in [6.45, 7) is 2.97. The van der Waals surface area contributed by atoms with Crippen LogP contribution in [0.15, 0.2) is 9.59 Å². The lowest BCUT2D eigenvalue weighted by Gasteiger charge is -2.01. The number of unbranched alkanes of at least 4 members (excludes halogenated alkanes) is 3. The highest BCUT2D eigenvalue weighted by Gasteiger charge is 2.12. The molecule has 7 heteroatoms. The van der Waals surface area contributed by atoms with Gasteiger partial charge in [0.05, 0.1) is 0 Å². The van der Waals surface area contributed by atoms with Crippen molar-refractivity contribution in [3.8, 4) is 0 Å². The van der Waals surface area contributed by atoms with Gasteiger partial charge < -0.3 is 10.3 Å². The highest BCUT2D eigenvalue weighted by Crippen LogP contribution is 2.08. The van der Waals surface area contributed by atoms with Crippen molar-refractivity contribution in [2.45, 2.75) is 32.6 Å². The van der Waals surface area contributed by atoms with Crippen molar-refractivity contribution in [2.24, 2.45) is 14.1 Å². The Bertz CT molecular complexity index is 710. The molecule has 0 saturated heterocycles. The summed E-state index contributed by atoms with van der Waals surface area (Å²) in [7, 11) is 3.07. The lowest BCUT2D eigenvalue weighted by molar-refractivity contribution is 0.683. The van der Waals surface area contributed by atoms with Crippen molar-refractivity contribution < 1.29 is 0 Å². The van der Waals surface area contributed by atoms with Gasteiger partial charge in [0.2, 0.25) is 5.95 Å². The molecule has 0 aromatic carbocycles. The van der Waals surface area contributed by atoms with E-state index in [0.29, 0.717) is 17.1 Å². The number of hydrogen-bond acceptors (Lipinski definition) is 4. The first-order valence-corrected chi connectivity index (χ1v) is 6.95. The number of nitrogens with one attached hydrogen (secondary N) is 2. The molecule has 0 aliphatic heterocycles. The van der Waals surface area contributed by atoms with Crippen LogP contribution in [-0.4, -0.2) is 25.6 Å². The maximum Gasteiger partial charge on any atom is 0.332 e. The van der Waals surface area contributed by atoms with Gasteiger partial charge in [0, 0.05) is 20.6 Å². The van der Waals surface area contributed by atoms with E-state index < -0.39 is 0 Å². The zero-order valence-corrected chi connectivity index (χ0v) is 12.2. The van der Waals surface area contributed by atoms with E-state index >= 15 is 0 Å². The second-order valence-electron chi connectivity index (χ2n) is 4.98. The van der Waals surface area contributed by atoms with Crippen LogP contribution >= 0.6 is 0 Å². The standard InChI is InChI=1S/C13H21N5O2/c1-4-5-6-7-8-14-12-15-9-10(16-12)17(2)13(20)18(3)11(9)19/h4-8H2,1-3H3,(H2,14,15,16). The minimum Gasteiger partial charge on any atom is -0.356 e. The number of rotatable bonds is 6. The molecule has 0 aliphatic rings. The molecule has 7 nitrogen and oxygen atoms in total. The van der Waals surface area contributed by atoms with Crippen LogP contribution in [0.25, 0.3) is 11.2 Å². The Hall–Kier alpha value is -2.05. The summed E-state index contributed by atoms with van der Waals surface area (Å²) in [5, 5.41) is 3.16. The summed E-state index contributed by atoms with van der Waals surface area (Å²) >= 11 is 0. The van der Waals surface area contributed by atoms with E-state index in [9.17, 15) is 9.59 Å². The zero-order valence-electron chi connectivity index (χ0n) is 12.2. The third-order valence-corrected chi connectivity index (χ3v) is 3.42. The highest BCUT2D eigenvalue weighted by atomic mass is 16.2. The Morgan fingerprint density at radius 2 is 1.90 bits per heavy atom. The van der Waals surface area contributed by atoms with E-state index in [1.165, 1.54) is 30.9 Å². The summed E-state index contributed by atoms with van der Waals surface area (Å²) in [6, 6.07) is 0. The summed E-state index contributed by atoms with van der Waals surface area (Å²) in [4.78, 5) is 31.0. The van der Waals surface area contributed by atoms with Crippen molar-refractivity contribution in [3.63, 3.8) is 0 Å². The molecule has 0 saturated carbocycles. The molecule has 2 rings (SSSR count). The minimum atomic E-state index is -0.372. The third kappa shape index (κ3) is 2.61. The van der Waals surface area contributed by atoms with Gasteiger partial charge in [-0.15, -0.1) is 0 Å². The Balaban J connectivity index is 2.22. The molecule has 2 aromatic rings. The first-order chi connectivity index (χ1) is 9.56. The van der Waals surface area contributed by atoms with Crippen LogP contribution in [0.3, 0.4) is 0 Å². The maximum absolute atomic E-state index is 12.0. The zero-order chi connectivity index (χ0) is 14.7. The first-order valence-electron chi connectivity index (χ1n) is 6.95. The molecular weight excluding hydrogens is 258 g/mol. The molecule has 0 amide bonds. The molecule has 0 aliphatic carbocycles. The van der Waals surface area contributed by atoms with Gasteiger partial charge in [-0.05, 0) is 6.42 Å². The van der Waals surface area contributed by atoms with E-state index in [1.54, 1.807) is 7.05 Å².